The quantitative estimate of drug-likeness (QED) is 0.491. The maximum atomic E-state index is 11.4. The first-order chi connectivity index (χ1) is 7.13. The van der Waals surface area contributed by atoms with Gasteiger partial charge in [-0.2, -0.15) is 5.26 Å². The van der Waals surface area contributed by atoms with Crippen molar-refractivity contribution in [2.24, 2.45) is 0 Å². The Morgan fingerprint density at radius 1 is 1.67 bits per heavy atom. The van der Waals surface area contributed by atoms with E-state index >= 15 is 0 Å². The Hall–Kier alpha value is -1.18. The number of halogens is 1. The molecule has 0 amide bonds. The van der Waals surface area contributed by atoms with Crippen LogP contribution in [0.25, 0.3) is 0 Å². The van der Waals surface area contributed by atoms with Crippen LogP contribution in [0.1, 0.15) is 21.5 Å². The van der Waals surface area contributed by atoms with Crippen LogP contribution in [0.5, 0.6) is 0 Å². The van der Waals surface area contributed by atoms with E-state index in [1.165, 1.54) is 13.2 Å². The predicted molar refractivity (Wildman–Crippen MR) is 59.3 cm³/mol. The van der Waals surface area contributed by atoms with E-state index < -0.39 is 5.97 Å². The van der Waals surface area contributed by atoms with E-state index in [0.717, 1.165) is 0 Å². The highest BCUT2D eigenvalue weighted by Gasteiger charge is 2.17. The molecule has 0 heterocycles. The summed E-state index contributed by atoms with van der Waals surface area (Å²) in [5, 5.41) is 8.87. The molecule has 0 aliphatic carbocycles. The van der Waals surface area contributed by atoms with Gasteiger partial charge in [-0.3, -0.25) is 0 Å². The predicted octanol–water partition coefficient (Wildman–Crippen LogP) is 2.37. The van der Waals surface area contributed by atoms with Crippen LogP contribution in [0, 0.1) is 11.3 Å². The number of benzene rings is 1. The van der Waals surface area contributed by atoms with Gasteiger partial charge in [0.1, 0.15) is 6.07 Å². The molecule has 0 spiro atoms. The maximum absolute atomic E-state index is 11.4. The first-order valence-electron chi connectivity index (χ1n) is 4.04. The monoisotopic (exact) mass is 241 g/mol. The SMILES string of the molecule is COC(=O)c1c(C#N)cc(S)cc1CCl. The Morgan fingerprint density at radius 2 is 2.33 bits per heavy atom. The van der Waals surface area contributed by atoms with E-state index in [0.29, 0.717) is 10.5 Å². The molecule has 0 unspecified atom stereocenters. The molecule has 0 aromatic heterocycles. The summed E-state index contributed by atoms with van der Waals surface area (Å²) in [5.41, 5.74) is 0.991. The van der Waals surface area contributed by atoms with Crippen LogP contribution >= 0.6 is 24.2 Å². The first-order valence-corrected chi connectivity index (χ1v) is 5.02. The summed E-state index contributed by atoms with van der Waals surface area (Å²) in [5.74, 6) is -0.427. The van der Waals surface area contributed by atoms with Crippen molar-refractivity contribution in [2.45, 2.75) is 10.8 Å². The third kappa shape index (κ3) is 2.44. The van der Waals surface area contributed by atoms with E-state index in [1.807, 2.05) is 6.07 Å². The highest BCUT2D eigenvalue weighted by Crippen LogP contribution is 2.22. The number of rotatable bonds is 2. The summed E-state index contributed by atoms with van der Waals surface area (Å²) < 4.78 is 4.59. The second kappa shape index (κ2) is 5.06. The minimum atomic E-state index is -0.560. The van der Waals surface area contributed by atoms with Crippen LogP contribution in [-0.2, 0) is 10.6 Å². The number of nitrogens with zero attached hydrogens (tertiary/aromatic N) is 1. The smallest absolute Gasteiger partial charge is 0.339 e. The zero-order valence-corrected chi connectivity index (χ0v) is 9.60. The normalized spacial score (nSPS) is 9.47. The number of alkyl halides is 1. The van der Waals surface area contributed by atoms with E-state index in [4.69, 9.17) is 16.9 Å². The molecule has 0 N–H and O–H groups in total. The van der Waals surface area contributed by atoms with E-state index in [1.54, 1.807) is 6.07 Å². The molecule has 0 aliphatic heterocycles. The van der Waals surface area contributed by atoms with Crippen LogP contribution in [0.2, 0.25) is 0 Å². The van der Waals surface area contributed by atoms with Crippen molar-refractivity contribution in [3.05, 3.63) is 28.8 Å². The van der Waals surface area contributed by atoms with Crippen LogP contribution < -0.4 is 0 Å². The van der Waals surface area contributed by atoms with Crippen LogP contribution in [0.3, 0.4) is 0 Å². The molecule has 78 valence electrons. The molecule has 1 aromatic rings. The van der Waals surface area contributed by atoms with E-state index in [2.05, 4.69) is 17.4 Å². The van der Waals surface area contributed by atoms with Gasteiger partial charge in [-0.1, -0.05) is 0 Å². The van der Waals surface area contributed by atoms with E-state index in [9.17, 15) is 4.79 Å². The average Bonchev–Trinajstić information content (AvgIpc) is 2.26. The number of ether oxygens (including phenoxy) is 1. The molecule has 1 rings (SSSR count). The van der Waals surface area contributed by atoms with Gasteiger partial charge in [-0.25, -0.2) is 4.79 Å². The van der Waals surface area contributed by atoms with Gasteiger partial charge in [-0.05, 0) is 17.7 Å². The molecular formula is C10H8ClNO2S. The lowest BCUT2D eigenvalue weighted by Crippen LogP contribution is -2.08. The fourth-order valence-corrected chi connectivity index (χ4v) is 1.72. The second-order valence-corrected chi connectivity index (χ2v) is 3.55. The maximum Gasteiger partial charge on any atom is 0.339 e. The minimum Gasteiger partial charge on any atom is -0.465 e. The van der Waals surface area contributed by atoms with Gasteiger partial charge >= 0.3 is 5.97 Å². The fraction of sp³-hybridized carbons (Fsp3) is 0.200. The van der Waals surface area contributed by atoms with Gasteiger partial charge in [0.05, 0.1) is 18.2 Å². The summed E-state index contributed by atoms with van der Waals surface area (Å²) in [6, 6.07) is 5.07. The summed E-state index contributed by atoms with van der Waals surface area (Å²) in [6.45, 7) is 0. The number of esters is 1. The number of nitriles is 1. The first kappa shape index (κ1) is 11.9. The van der Waals surface area contributed by atoms with Crippen LogP contribution in [0.4, 0.5) is 0 Å². The largest absolute Gasteiger partial charge is 0.465 e. The van der Waals surface area contributed by atoms with Crippen LogP contribution in [0.15, 0.2) is 17.0 Å². The zero-order valence-electron chi connectivity index (χ0n) is 7.95. The van der Waals surface area contributed by atoms with Gasteiger partial charge in [-0.15, -0.1) is 24.2 Å². The molecular weight excluding hydrogens is 234 g/mol. The number of hydrogen-bond donors (Lipinski definition) is 1. The molecule has 0 radical (unpaired) electrons. The Morgan fingerprint density at radius 3 is 2.80 bits per heavy atom. The van der Waals surface area contributed by atoms with Gasteiger partial charge in [0.15, 0.2) is 0 Å². The number of methoxy groups -OCH3 is 1. The third-order valence-corrected chi connectivity index (χ3v) is 2.40. The van der Waals surface area contributed by atoms with Crippen LogP contribution in [-0.4, -0.2) is 13.1 Å². The molecule has 0 fully saturated rings. The lowest BCUT2D eigenvalue weighted by Gasteiger charge is -2.08. The lowest BCUT2D eigenvalue weighted by molar-refractivity contribution is 0.0599. The Kier molecular flexibility index (Phi) is 4.01. The molecule has 0 saturated carbocycles. The highest BCUT2D eigenvalue weighted by atomic mass is 35.5. The highest BCUT2D eigenvalue weighted by molar-refractivity contribution is 7.80. The summed E-state index contributed by atoms with van der Waals surface area (Å²) in [4.78, 5) is 12.0. The van der Waals surface area contributed by atoms with E-state index in [-0.39, 0.29) is 17.0 Å². The van der Waals surface area contributed by atoms with Crippen molar-refractivity contribution >= 4 is 30.2 Å². The molecule has 0 atom stereocenters. The summed E-state index contributed by atoms with van der Waals surface area (Å²) >= 11 is 9.80. The Balaban J connectivity index is 3.45. The Bertz CT molecular complexity index is 440. The lowest BCUT2D eigenvalue weighted by atomic mass is 10.0. The van der Waals surface area contributed by atoms with Crippen molar-refractivity contribution in [1.29, 1.82) is 5.26 Å². The molecule has 1 aromatic carbocycles. The molecule has 5 heteroatoms. The Labute approximate surface area is 98.0 Å². The van der Waals surface area contributed by atoms with Gasteiger partial charge < -0.3 is 4.74 Å². The summed E-state index contributed by atoms with van der Waals surface area (Å²) in [6.07, 6.45) is 0. The van der Waals surface area contributed by atoms with Gasteiger partial charge in [0.25, 0.3) is 0 Å². The standard InChI is InChI=1S/C10H8ClNO2S/c1-14-10(13)9-6(4-11)2-8(15)3-7(9)5-12/h2-3,15H,4H2,1H3. The number of carbonyl (C=O) groups is 1. The molecule has 3 nitrogen and oxygen atoms in total. The number of thiol groups is 1. The molecule has 0 aliphatic rings. The van der Waals surface area contributed by atoms with Crippen molar-refractivity contribution in [3.8, 4) is 6.07 Å². The minimum absolute atomic E-state index is 0.132. The third-order valence-electron chi connectivity index (χ3n) is 1.86. The second-order valence-electron chi connectivity index (χ2n) is 2.76. The van der Waals surface area contributed by atoms with Crippen molar-refractivity contribution in [2.75, 3.05) is 7.11 Å². The van der Waals surface area contributed by atoms with Crippen molar-refractivity contribution in [1.82, 2.24) is 0 Å². The van der Waals surface area contributed by atoms with Gasteiger partial charge in [0.2, 0.25) is 0 Å². The van der Waals surface area contributed by atoms with Crippen molar-refractivity contribution < 1.29 is 9.53 Å². The van der Waals surface area contributed by atoms with Gasteiger partial charge in [0, 0.05) is 10.8 Å². The average molecular weight is 242 g/mol. The fourth-order valence-electron chi connectivity index (χ4n) is 1.22. The molecule has 0 saturated heterocycles. The molecule has 0 bridgehead atoms. The zero-order chi connectivity index (χ0) is 11.4. The summed E-state index contributed by atoms with van der Waals surface area (Å²) in [7, 11) is 1.26. The number of hydrogen-bond acceptors (Lipinski definition) is 4. The number of carbonyl (C=O) groups excluding carboxylic acids is 1. The van der Waals surface area contributed by atoms with Crippen molar-refractivity contribution in [3.63, 3.8) is 0 Å². The molecule has 15 heavy (non-hydrogen) atoms. The topological polar surface area (TPSA) is 50.1 Å².